The Morgan fingerprint density at radius 3 is 2.82 bits per heavy atom. The summed E-state index contributed by atoms with van der Waals surface area (Å²) < 4.78 is 12.3. The first-order chi connectivity index (χ1) is 16.6. The number of hydrogen-bond donors (Lipinski definition) is 0. The number of amides is 1. The van der Waals surface area contributed by atoms with Gasteiger partial charge in [-0.3, -0.25) is 9.78 Å². The molecular weight excluding hydrogens is 426 g/mol. The van der Waals surface area contributed by atoms with Gasteiger partial charge in [-0.1, -0.05) is 48.5 Å². The molecule has 178 valence electrons. The zero-order chi connectivity index (χ0) is 23.4. The molecule has 2 saturated heterocycles. The van der Waals surface area contributed by atoms with E-state index in [4.69, 9.17) is 9.47 Å². The molecule has 0 unspecified atom stereocenters. The summed E-state index contributed by atoms with van der Waals surface area (Å²) in [6, 6.07) is 18.6. The number of morpholine rings is 1. The average molecular weight is 460 g/mol. The maximum Gasteiger partial charge on any atom is 0.256 e. The highest BCUT2D eigenvalue weighted by molar-refractivity contribution is 5.86. The monoisotopic (exact) mass is 459 g/mol. The highest BCUT2D eigenvalue weighted by atomic mass is 16.5. The first kappa shape index (κ1) is 23.0. The van der Waals surface area contributed by atoms with E-state index in [1.54, 1.807) is 0 Å². The predicted molar refractivity (Wildman–Crippen MR) is 133 cm³/mol. The number of fused-ring (bicyclic) bond motifs is 1. The molecule has 2 aromatic carbocycles. The maximum atomic E-state index is 14.1. The van der Waals surface area contributed by atoms with Crippen molar-refractivity contribution in [3.05, 3.63) is 78.1 Å². The second-order valence-corrected chi connectivity index (χ2v) is 9.65. The van der Waals surface area contributed by atoms with E-state index in [9.17, 15) is 4.79 Å². The van der Waals surface area contributed by atoms with Crippen LogP contribution in [0.4, 0.5) is 0 Å². The minimum atomic E-state index is -0.868. The van der Waals surface area contributed by atoms with Crippen molar-refractivity contribution in [3.63, 3.8) is 0 Å². The van der Waals surface area contributed by atoms with Crippen molar-refractivity contribution in [2.24, 2.45) is 5.92 Å². The third-order valence-electron chi connectivity index (χ3n) is 7.01. The minimum Gasteiger partial charge on any atom is -0.379 e. The van der Waals surface area contributed by atoms with Gasteiger partial charge in [0.05, 0.1) is 19.8 Å². The van der Waals surface area contributed by atoms with Crippen LogP contribution >= 0.6 is 0 Å². The molecule has 6 heteroatoms. The molecule has 0 bridgehead atoms. The van der Waals surface area contributed by atoms with Crippen LogP contribution in [0, 0.1) is 5.92 Å². The van der Waals surface area contributed by atoms with Crippen molar-refractivity contribution in [2.45, 2.75) is 18.4 Å². The van der Waals surface area contributed by atoms with E-state index in [1.807, 2.05) is 41.6 Å². The highest BCUT2D eigenvalue weighted by Crippen LogP contribution is 2.28. The molecule has 0 spiro atoms. The van der Waals surface area contributed by atoms with Crippen LogP contribution < -0.4 is 0 Å². The van der Waals surface area contributed by atoms with Crippen molar-refractivity contribution in [1.82, 2.24) is 14.8 Å². The van der Waals surface area contributed by atoms with Gasteiger partial charge in [0.25, 0.3) is 5.91 Å². The predicted octanol–water partition coefficient (Wildman–Crippen LogP) is 3.20. The Bertz CT molecular complexity index is 1120. The van der Waals surface area contributed by atoms with Crippen LogP contribution in [0.25, 0.3) is 10.8 Å². The number of nitrogens with zero attached hydrogens (tertiary/aromatic N) is 3. The number of carbonyl (C=O) groups is 1. The lowest BCUT2D eigenvalue weighted by Crippen LogP contribution is -2.61. The van der Waals surface area contributed by atoms with Gasteiger partial charge < -0.3 is 19.3 Å². The second kappa shape index (κ2) is 10.2. The van der Waals surface area contributed by atoms with Crippen LogP contribution in [-0.2, 0) is 27.1 Å². The Hall–Kier alpha value is -2.80. The summed E-state index contributed by atoms with van der Waals surface area (Å²) in [7, 11) is 2.07. The normalized spacial score (nSPS) is 24.1. The Morgan fingerprint density at radius 2 is 1.97 bits per heavy atom. The van der Waals surface area contributed by atoms with Gasteiger partial charge >= 0.3 is 0 Å². The van der Waals surface area contributed by atoms with Gasteiger partial charge in [-0.2, -0.15) is 0 Å². The molecule has 34 heavy (non-hydrogen) atoms. The lowest BCUT2D eigenvalue weighted by molar-refractivity contribution is -0.170. The zero-order valence-corrected chi connectivity index (χ0v) is 19.9. The summed E-state index contributed by atoms with van der Waals surface area (Å²) in [5, 5.41) is 2.36. The lowest BCUT2D eigenvalue weighted by atomic mass is 9.90. The van der Waals surface area contributed by atoms with Crippen LogP contribution in [0.5, 0.6) is 0 Å². The molecule has 2 aliphatic heterocycles. The molecule has 2 atom stereocenters. The van der Waals surface area contributed by atoms with E-state index in [-0.39, 0.29) is 11.8 Å². The summed E-state index contributed by atoms with van der Waals surface area (Å²) in [5.74, 6) is 0.297. The number of benzene rings is 2. The fraction of sp³-hybridized carbons (Fsp3) is 0.429. The number of likely N-dealkylation sites (N-methyl/N-ethyl adjacent to an activating group) is 1. The van der Waals surface area contributed by atoms with E-state index >= 15 is 0 Å². The first-order valence-electron chi connectivity index (χ1n) is 12.2. The molecule has 5 rings (SSSR count). The number of carbonyl (C=O) groups excluding carboxylic acids is 1. The van der Waals surface area contributed by atoms with Gasteiger partial charge in [-0.25, -0.2) is 0 Å². The zero-order valence-electron chi connectivity index (χ0n) is 19.9. The van der Waals surface area contributed by atoms with Gasteiger partial charge in [0.15, 0.2) is 5.60 Å². The third kappa shape index (κ3) is 4.99. The fourth-order valence-electron chi connectivity index (χ4n) is 5.34. The van der Waals surface area contributed by atoms with Gasteiger partial charge in [0, 0.05) is 56.3 Å². The van der Waals surface area contributed by atoms with E-state index in [1.165, 1.54) is 16.3 Å². The molecule has 0 saturated carbocycles. The van der Waals surface area contributed by atoms with E-state index in [0.29, 0.717) is 45.9 Å². The van der Waals surface area contributed by atoms with E-state index < -0.39 is 5.60 Å². The van der Waals surface area contributed by atoms with Crippen LogP contribution in [-0.4, -0.2) is 79.3 Å². The molecule has 0 aliphatic carbocycles. The molecule has 0 radical (unpaired) electrons. The molecule has 1 amide bonds. The van der Waals surface area contributed by atoms with Crippen LogP contribution in [0.15, 0.2) is 67.0 Å². The second-order valence-electron chi connectivity index (χ2n) is 9.65. The van der Waals surface area contributed by atoms with Crippen molar-refractivity contribution < 1.29 is 14.3 Å². The summed E-state index contributed by atoms with van der Waals surface area (Å²) in [5.41, 5.74) is 1.50. The van der Waals surface area contributed by atoms with Gasteiger partial charge in [0.2, 0.25) is 0 Å². The molecule has 0 N–H and O–H groups in total. The molecule has 3 heterocycles. The van der Waals surface area contributed by atoms with E-state index in [0.717, 1.165) is 18.5 Å². The summed E-state index contributed by atoms with van der Waals surface area (Å²) in [6.45, 7) is 4.45. The SMILES string of the molecule is CN1CCO[C@](Cc2ccccc2)(C(=O)N2CCOC[C@H](Cc3cccc4ccncc34)C2)C1. The fourth-order valence-corrected chi connectivity index (χ4v) is 5.34. The van der Waals surface area contributed by atoms with Gasteiger partial charge in [-0.15, -0.1) is 0 Å². The van der Waals surface area contributed by atoms with Crippen molar-refractivity contribution in [3.8, 4) is 0 Å². The average Bonchev–Trinajstić information content (AvgIpc) is 3.10. The number of aromatic nitrogens is 1. The maximum absolute atomic E-state index is 14.1. The number of pyridine rings is 1. The molecule has 1 aromatic heterocycles. The third-order valence-corrected chi connectivity index (χ3v) is 7.01. The molecule has 6 nitrogen and oxygen atoms in total. The summed E-state index contributed by atoms with van der Waals surface area (Å²) >= 11 is 0. The number of hydrogen-bond acceptors (Lipinski definition) is 5. The largest absolute Gasteiger partial charge is 0.379 e. The standard InChI is InChI=1S/C28H33N3O3/c1-30-12-15-34-28(21-30,17-22-6-3-2-4-7-22)27(32)31-13-14-33-20-23(19-31)16-25-9-5-8-24-10-11-29-18-26(24)25/h2-11,18,23H,12-17,19-21H2,1H3/t23-,28+/m1/s1. The van der Waals surface area contributed by atoms with E-state index in [2.05, 4.69) is 47.3 Å². The molecule has 3 aromatic rings. The minimum absolute atomic E-state index is 0.0815. The lowest BCUT2D eigenvalue weighted by Gasteiger charge is -2.43. The highest BCUT2D eigenvalue weighted by Gasteiger charge is 2.46. The van der Waals surface area contributed by atoms with Crippen molar-refractivity contribution >= 4 is 16.7 Å². The van der Waals surface area contributed by atoms with Crippen LogP contribution in [0.1, 0.15) is 11.1 Å². The Kier molecular flexibility index (Phi) is 6.90. The Morgan fingerprint density at radius 1 is 1.09 bits per heavy atom. The molecule has 2 fully saturated rings. The quantitative estimate of drug-likeness (QED) is 0.587. The molecule has 2 aliphatic rings. The Balaban J connectivity index is 1.38. The first-order valence-corrected chi connectivity index (χ1v) is 12.2. The topological polar surface area (TPSA) is 54.9 Å². The summed E-state index contributed by atoms with van der Waals surface area (Å²) in [4.78, 5) is 22.6. The van der Waals surface area contributed by atoms with Gasteiger partial charge in [0.1, 0.15) is 0 Å². The van der Waals surface area contributed by atoms with Crippen LogP contribution in [0.2, 0.25) is 0 Å². The van der Waals surface area contributed by atoms with Crippen molar-refractivity contribution in [1.29, 1.82) is 0 Å². The Labute approximate surface area is 201 Å². The van der Waals surface area contributed by atoms with Gasteiger partial charge in [-0.05, 0) is 36.0 Å². The number of ether oxygens (including phenoxy) is 2. The summed E-state index contributed by atoms with van der Waals surface area (Å²) in [6.07, 6.45) is 5.19. The number of rotatable bonds is 5. The molecular formula is C28H33N3O3. The smallest absolute Gasteiger partial charge is 0.256 e. The van der Waals surface area contributed by atoms with Crippen molar-refractivity contribution in [2.75, 3.05) is 53.0 Å². The van der Waals surface area contributed by atoms with Crippen LogP contribution in [0.3, 0.4) is 0 Å².